The molecule has 3 rings (SSSR count). The van der Waals surface area contributed by atoms with Gasteiger partial charge >= 0.3 is 0 Å². The minimum atomic E-state index is -0.388. The van der Waals surface area contributed by atoms with Gasteiger partial charge in [-0.05, 0) is 49.6 Å². The fourth-order valence-electron chi connectivity index (χ4n) is 2.70. The molecule has 1 aromatic heterocycles. The molecule has 1 heterocycles. The first-order chi connectivity index (χ1) is 10.0. The number of pyridine rings is 1. The zero-order valence-electron chi connectivity index (χ0n) is 12.5. The number of aromatic nitrogens is 1. The summed E-state index contributed by atoms with van der Waals surface area (Å²) in [6.07, 6.45) is 0.818. The van der Waals surface area contributed by atoms with Gasteiger partial charge < -0.3 is 5.73 Å². The molecule has 1 atom stereocenters. The van der Waals surface area contributed by atoms with Crippen molar-refractivity contribution in [1.82, 2.24) is 4.98 Å². The lowest BCUT2D eigenvalue weighted by molar-refractivity contribution is 0.492. The Balaban J connectivity index is 1.96. The Morgan fingerprint density at radius 1 is 1.00 bits per heavy atom. The van der Waals surface area contributed by atoms with E-state index in [-0.39, 0.29) is 5.54 Å². The highest BCUT2D eigenvalue weighted by molar-refractivity contribution is 5.79. The monoisotopic (exact) mass is 276 g/mol. The van der Waals surface area contributed by atoms with E-state index >= 15 is 0 Å². The van der Waals surface area contributed by atoms with E-state index < -0.39 is 0 Å². The molecule has 106 valence electrons. The molecule has 0 amide bonds. The largest absolute Gasteiger partial charge is 0.321 e. The van der Waals surface area contributed by atoms with Gasteiger partial charge in [0, 0.05) is 16.6 Å². The van der Waals surface area contributed by atoms with Crippen LogP contribution in [0.15, 0.2) is 60.7 Å². The Bertz CT molecular complexity index is 761. The van der Waals surface area contributed by atoms with E-state index in [9.17, 15) is 0 Å². The zero-order valence-corrected chi connectivity index (χ0v) is 12.5. The number of nitrogens with two attached hydrogens (primary N) is 1. The molecule has 2 nitrogen and oxygen atoms in total. The molecular formula is C19H20N2. The predicted octanol–water partition coefficient (Wildman–Crippen LogP) is 3.96. The fourth-order valence-corrected chi connectivity index (χ4v) is 2.70. The maximum atomic E-state index is 6.57. The maximum Gasteiger partial charge on any atom is 0.0705 e. The van der Waals surface area contributed by atoms with Gasteiger partial charge in [-0.1, -0.05) is 42.5 Å². The van der Waals surface area contributed by atoms with Crippen LogP contribution in [0.5, 0.6) is 0 Å². The van der Waals surface area contributed by atoms with Crippen LogP contribution in [-0.2, 0) is 12.0 Å². The summed E-state index contributed by atoms with van der Waals surface area (Å²) in [4.78, 5) is 4.54. The molecule has 2 N–H and O–H groups in total. The summed E-state index contributed by atoms with van der Waals surface area (Å²) in [6, 6.07) is 20.8. The van der Waals surface area contributed by atoms with E-state index in [0.29, 0.717) is 0 Å². The van der Waals surface area contributed by atoms with Crippen LogP contribution in [-0.4, -0.2) is 4.98 Å². The van der Waals surface area contributed by atoms with Crippen molar-refractivity contribution < 1.29 is 0 Å². The molecule has 0 saturated carbocycles. The van der Waals surface area contributed by atoms with Crippen LogP contribution in [0.4, 0.5) is 0 Å². The fraction of sp³-hybridized carbons (Fsp3) is 0.211. The summed E-state index contributed by atoms with van der Waals surface area (Å²) in [5.41, 5.74) is 10.6. The summed E-state index contributed by atoms with van der Waals surface area (Å²) in [7, 11) is 0. The summed E-state index contributed by atoms with van der Waals surface area (Å²) >= 11 is 0. The molecule has 0 bridgehead atoms. The lowest BCUT2D eigenvalue weighted by Gasteiger charge is -2.26. The van der Waals surface area contributed by atoms with Crippen LogP contribution in [0.2, 0.25) is 0 Å². The van der Waals surface area contributed by atoms with E-state index in [4.69, 9.17) is 5.73 Å². The first kappa shape index (κ1) is 13.8. The third-order valence-corrected chi connectivity index (χ3v) is 3.90. The summed E-state index contributed by atoms with van der Waals surface area (Å²) < 4.78 is 0. The van der Waals surface area contributed by atoms with E-state index in [1.807, 2.05) is 19.1 Å². The van der Waals surface area contributed by atoms with Gasteiger partial charge in [-0.3, -0.25) is 4.98 Å². The number of benzene rings is 2. The van der Waals surface area contributed by atoms with Crippen LogP contribution in [0.3, 0.4) is 0 Å². The van der Waals surface area contributed by atoms with E-state index in [1.54, 1.807) is 0 Å². The average Bonchev–Trinajstić information content (AvgIpc) is 2.47. The number of nitrogens with zero attached hydrogens (tertiary/aromatic N) is 1. The topological polar surface area (TPSA) is 38.9 Å². The van der Waals surface area contributed by atoms with Gasteiger partial charge in [-0.15, -0.1) is 0 Å². The summed E-state index contributed by atoms with van der Waals surface area (Å²) in [5.74, 6) is 0. The molecule has 0 aliphatic rings. The second-order valence-corrected chi connectivity index (χ2v) is 5.94. The third-order valence-electron chi connectivity index (χ3n) is 3.90. The lowest BCUT2D eigenvalue weighted by atomic mass is 9.86. The van der Waals surface area contributed by atoms with Crippen LogP contribution in [0, 0.1) is 6.92 Å². The van der Waals surface area contributed by atoms with Gasteiger partial charge in [0.05, 0.1) is 5.52 Å². The SMILES string of the molecule is Cc1ccc2cc(C(C)(N)Cc3ccccc3)ccc2n1. The second-order valence-electron chi connectivity index (χ2n) is 5.94. The molecule has 0 aliphatic heterocycles. The van der Waals surface area contributed by atoms with Crippen molar-refractivity contribution in [2.45, 2.75) is 25.8 Å². The number of hydrogen-bond acceptors (Lipinski definition) is 2. The minimum Gasteiger partial charge on any atom is -0.321 e. The molecule has 0 radical (unpaired) electrons. The highest BCUT2D eigenvalue weighted by Gasteiger charge is 2.22. The van der Waals surface area contributed by atoms with Gasteiger partial charge in [0.2, 0.25) is 0 Å². The molecule has 2 heteroatoms. The number of aryl methyl sites for hydroxylation is 1. The maximum absolute atomic E-state index is 6.57. The van der Waals surface area contributed by atoms with E-state index in [0.717, 1.165) is 28.6 Å². The quantitative estimate of drug-likeness (QED) is 0.786. The minimum absolute atomic E-state index is 0.388. The van der Waals surface area contributed by atoms with Crippen molar-refractivity contribution >= 4 is 10.9 Å². The Kier molecular flexibility index (Phi) is 3.48. The van der Waals surface area contributed by atoms with Crippen LogP contribution in [0.1, 0.15) is 23.7 Å². The van der Waals surface area contributed by atoms with Gasteiger partial charge in [0.25, 0.3) is 0 Å². The molecule has 0 aliphatic carbocycles. The van der Waals surface area contributed by atoms with Crippen LogP contribution < -0.4 is 5.73 Å². The Hall–Kier alpha value is -2.19. The van der Waals surface area contributed by atoms with Crippen molar-refractivity contribution in [3.05, 3.63) is 77.5 Å². The van der Waals surface area contributed by atoms with Crippen molar-refractivity contribution in [2.24, 2.45) is 5.73 Å². The molecular weight excluding hydrogens is 256 g/mol. The smallest absolute Gasteiger partial charge is 0.0705 e. The van der Waals surface area contributed by atoms with Gasteiger partial charge in [-0.25, -0.2) is 0 Å². The van der Waals surface area contributed by atoms with Gasteiger partial charge in [-0.2, -0.15) is 0 Å². The van der Waals surface area contributed by atoms with Crippen molar-refractivity contribution in [2.75, 3.05) is 0 Å². The number of hydrogen-bond donors (Lipinski definition) is 1. The molecule has 2 aromatic carbocycles. The normalized spacial score (nSPS) is 14.0. The standard InChI is InChI=1S/C19H20N2/c1-14-8-9-16-12-17(10-11-18(16)21-14)19(2,20)13-15-6-4-3-5-7-15/h3-12H,13,20H2,1-2H3. The number of fused-ring (bicyclic) bond motifs is 1. The predicted molar refractivity (Wildman–Crippen MR) is 88.2 cm³/mol. The lowest BCUT2D eigenvalue weighted by Crippen LogP contribution is -2.35. The molecule has 1 unspecified atom stereocenters. The zero-order chi connectivity index (χ0) is 14.9. The Morgan fingerprint density at radius 3 is 2.52 bits per heavy atom. The van der Waals surface area contributed by atoms with Gasteiger partial charge in [0.15, 0.2) is 0 Å². The Morgan fingerprint density at radius 2 is 1.76 bits per heavy atom. The first-order valence-electron chi connectivity index (χ1n) is 7.25. The molecule has 0 fully saturated rings. The van der Waals surface area contributed by atoms with Gasteiger partial charge in [0.1, 0.15) is 0 Å². The van der Waals surface area contributed by atoms with Crippen LogP contribution in [0.25, 0.3) is 10.9 Å². The Labute approximate surface area is 125 Å². The average molecular weight is 276 g/mol. The number of rotatable bonds is 3. The van der Waals surface area contributed by atoms with Crippen molar-refractivity contribution in [3.63, 3.8) is 0 Å². The molecule has 0 spiro atoms. The summed E-state index contributed by atoms with van der Waals surface area (Å²) in [5, 5.41) is 1.14. The third kappa shape index (κ3) is 2.96. The van der Waals surface area contributed by atoms with E-state index in [1.165, 1.54) is 5.56 Å². The summed E-state index contributed by atoms with van der Waals surface area (Å²) in [6.45, 7) is 4.10. The molecule has 0 saturated heterocycles. The first-order valence-corrected chi connectivity index (χ1v) is 7.25. The second kappa shape index (κ2) is 5.30. The van der Waals surface area contributed by atoms with Crippen LogP contribution >= 0.6 is 0 Å². The van der Waals surface area contributed by atoms with Crippen molar-refractivity contribution in [3.8, 4) is 0 Å². The highest BCUT2D eigenvalue weighted by Crippen LogP contribution is 2.26. The van der Waals surface area contributed by atoms with E-state index in [2.05, 4.69) is 60.4 Å². The van der Waals surface area contributed by atoms with Crippen molar-refractivity contribution in [1.29, 1.82) is 0 Å². The molecule has 21 heavy (non-hydrogen) atoms. The molecule has 3 aromatic rings. The highest BCUT2D eigenvalue weighted by atomic mass is 14.7.